The molecule has 0 saturated carbocycles. The van der Waals surface area contributed by atoms with Gasteiger partial charge in [-0.2, -0.15) is 0 Å². The zero-order valence-corrected chi connectivity index (χ0v) is 12.1. The van der Waals surface area contributed by atoms with E-state index in [0.717, 1.165) is 10.5 Å². The number of benzene rings is 2. The molecule has 108 valence electrons. The second-order valence-corrected chi connectivity index (χ2v) is 5.38. The summed E-state index contributed by atoms with van der Waals surface area (Å²) in [6.45, 7) is -0.00297. The van der Waals surface area contributed by atoms with E-state index in [4.69, 9.17) is 5.11 Å². The molecule has 4 nitrogen and oxygen atoms in total. The fourth-order valence-electron chi connectivity index (χ4n) is 1.66. The Morgan fingerprint density at radius 3 is 2.29 bits per heavy atom. The van der Waals surface area contributed by atoms with Crippen LogP contribution in [0.4, 0.5) is 0 Å². The lowest BCUT2D eigenvalue weighted by Crippen LogP contribution is -2.31. The molecule has 0 unspecified atom stereocenters. The van der Waals surface area contributed by atoms with Gasteiger partial charge >= 0.3 is 0 Å². The van der Waals surface area contributed by atoms with Crippen LogP contribution in [0, 0.1) is 0 Å². The first-order valence-corrected chi connectivity index (χ1v) is 7.39. The quantitative estimate of drug-likeness (QED) is 0.831. The predicted molar refractivity (Wildman–Crippen MR) is 82.0 cm³/mol. The normalized spacial score (nSPS) is 10.1. The van der Waals surface area contributed by atoms with Crippen molar-refractivity contribution in [3.8, 4) is 0 Å². The van der Waals surface area contributed by atoms with Crippen molar-refractivity contribution in [2.24, 2.45) is 0 Å². The Balaban J connectivity index is 1.83. The predicted octanol–water partition coefficient (Wildman–Crippen LogP) is 2.23. The summed E-state index contributed by atoms with van der Waals surface area (Å²) in [7, 11) is 0. The topological polar surface area (TPSA) is 66.4 Å². The molecule has 2 N–H and O–H groups in total. The van der Waals surface area contributed by atoms with Crippen molar-refractivity contribution < 1.29 is 14.7 Å². The molecule has 0 radical (unpaired) electrons. The van der Waals surface area contributed by atoms with Gasteiger partial charge in [0, 0.05) is 10.5 Å². The summed E-state index contributed by atoms with van der Waals surface area (Å²) in [5.41, 5.74) is 1.28. The van der Waals surface area contributed by atoms with E-state index in [-0.39, 0.29) is 18.3 Å². The lowest BCUT2D eigenvalue weighted by molar-refractivity contribution is -0.117. The van der Waals surface area contributed by atoms with Crippen molar-refractivity contribution >= 4 is 23.6 Å². The standard InChI is InChI=1S/C16H15NO3S/c18-10-12-6-8-14(9-7-12)21-11-15(19)17-16(20)13-4-2-1-3-5-13/h1-9,18H,10-11H2,(H,17,19,20). The highest BCUT2D eigenvalue weighted by atomic mass is 32.2. The Labute approximate surface area is 127 Å². The maximum Gasteiger partial charge on any atom is 0.257 e. The van der Waals surface area contributed by atoms with E-state index < -0.39 is 5.91 Å². The first kappa shape index (κ1) is 15.3. The van der Waals surface area contributed by atoms with Gasteiger partial charge in [-0.25, -0.2) is 0 Å². The van der Waals surface area contributed by atoms with Gasteiger partial charge in [-0.1, -0.05) is 30.3 Å². The maximum atomic E-state index is 11.8. The van der Waals surface area contributed by atoms with Crippen LogP contribution in [0.15, 0.2) is 59.5 Å². The average Bonchev–Trinajstić information content (AvgIpc) is 2.54. The lowest BCUT2D eigenvalue weighted by atomic mass is 10.2. The van der Waals surface area contributed by atoms with Crippen LogP contribution in [0.1, 0.15) is 15.9 Å². The molecule has 0 saturated heterocycles. The number of carbonyl (C=O) groups excluding carboxylic acids is 2. The number of nitrogens with one attached hydrogen (secondary N) is 1. The van der Waals surface area contributed by atoms with E-state index >= 15 is 0 Å². The van der Waals surface area contributed by atoms with E-state index in [1.165, 1.54) is 11.8 Å². The molecule has 2 amide bonds. The van der Waals surface area contributed by atoms with Gasteiger partial charge < -0.3 is 5.11 Å². The molecule has 21 heavy (non-hydrogen) atoms. The number of hydrogen-bond donors (Lipinski definition) is 2. The third kappa shape index (κ3) is 4.73. The van der Waals surface area contributed by atoms with Gasteiger partial charge in [0.25, 0.3) is 5.91 Å². The van der Waals surface area contributed by atoms with Crippen molar-refractivity contribution in [2.45, 2.75) is 11.5 Å². The molecular weight excluding hydrogens is 286 g/mol. The Hall–Kier alpha value is -2.11. The molecule has 5 heteroatoms. The molecule has 0 fully saturated rings. The molecule has 0 spiro atoms. The third-order valence-electron chi connectivity index (χ3n) is 2.76. The summed E-state index contributed by atoms with van der Waals surface area (Å²) >= 11 is 1.34. The maximum absolute atomic E-state index is 11.8. The van der Waals surface area contributed by atoms with Crippen molar-refractivity contribution in [2.75, 3.05) is 5.75 Å². The highest BCUT2D eigenvalue weighted by molar-refractivity contribution is 8.00. The zero-order valence-electron chi connectivity index (χ0n) is 11.3. The Morgan fingerprint density at radius 2 is 1.67 bits per heavy atom. The highest BCUT2D eigenvalue weighted by Gasteiger charge is 2.10. The van der Waals surface area contributed by atoms with Gasteiger partial charge in [0.15, 0.2) is 0 Å². The fourth-order valence-corrected chi connectivity index (χ4v) is 2.36. The Kier molecular flexibility index (Phi) is 5.54. The Bertz CT molecular complexity index is 611. The minimum absolute atomic E-state index is 0.00297. The van der Waals surface area contributed by atoms with Gasteiger partial charge in [-0.15, -0.1) is 11.8 Å². The van der Waals surface area contributed by atoms with Crippen LogP contribution >= 0.6 is 11.8 Å². The van der Waals surface area contributed by atoms with Crippen LogP contribution in [-0.4, -0.2) is 22.7 Å². The number of aliphatic hydroxyl groups is 1. The summed E-state index contributed by atoms with van der Waals surface area (Å²) in [6.07, 6.45) is 0. The summed E-state index contributed by atoms with van der Waals surface area (Å²) in [5, 5.41) is 11.3. The van der Waals surface area contributed by atoms with E-state index in [0.29, 0.717) is 5.56 Å². The molecule has 0 bridgehead atoms. The van der Waals surface area contributed by atoms with Gasteiger partial charge in [0.1, 0.15) is 0 Å². The molecule has 0 aliphatic heterocycles. The minimum Gasteiger partial charge on any atom is -0.392 e. The first-order chi connectivity index (χ1) is 10.2. The summed E-state index contributed by atoms with van der Waals surface area (Å²) in [4.78, 5) is 24.4. The summed E-state index contributed by atoms with van der Waals surface area (Å²) < 4.78 is 0. The molecule has 0 atom stereocenters. The smallest absolute Gasteiger partial charge is 0.257 e. The lowest BCUT2D eigenvalue weighted by Gasteiger charge is -2.05. The van der Waals surface area contributed by atoms with E-state index in [2.05, 4.69) is 5.32 Å². The largest absolute Gasteiger partial charge is 0.392 e. The number of amides is 2. The van der Waals surface area contributed by atoms with E-state index in [1.807, 2.05) is 18.2 Å². The van der Waals surface area contributed by atoms with Crippen LogP contribution in [0.2, 0.25) is 0 Å². The number of hydrogen-bond acceptors (Lipinski definition) is 4. The molecule has 0 aliphatic carbocycles. The molecule has 0 heterocycles. The monoisotopic (exact) mass is 301 g/mol. The first-order valence-electron chi connectivity index (χ1n) is 6.41. The molecule has 2 rings (SSSR count). The van der Waals surface area contributed by atoms with Crippen LogP contribution < -0.4 is 5.32 Å². The van der Waals surface area contributed by atoms with Crippen LogP contribution in [0.3, 0.4) is 0 Å². The van der Waals surface area contributed by atoms with Crippen molar-refractivity contribution in [3.05, 3.63) is 65.7 Å². The number of carbonyl (C=O) groups is 2. The molecule has 0 aliphatic rings. The second kappa shape index (κ2) is 7.61. The number of imide groups is 1. The van der Waals surface area contributed by atoms with Gasteiger partial charge in [-0.05, 0) is 29.8 Å². The molecular formula is C16H15NO3S. The third-order valence-corrected chi connectivity index (χ3v) is 3.78. The summed E-state index contributed by atoms with van der Waals surface area (Å²) in [6, 6.07) is 15.9. The fraction of sp³-hybridized carbons (Fsp3) is 0.125. The molecule has 0 aromatic heterocycles. The van der Waals surface area contributed by atoms with Gasteiger partial charge in [-0.3, -0.25) is 14.9 Å². The van der Waals surface area contributed by atoms with Crippen LogP contribution in [-0.2, 0) is 11.4 Å². The van der Waals surface area contributed by atoms with Crippen molar-refractivity contribution in [3.63, 3.8) is 0 Å². The van der Waals surface area contributed by atoms with Crippen LogP contribution in [0.25, 0.3) is 0 Å². The van der Waals surface area contributed by atoms with Crippen molar-refractivity contribution in [1.82, 2.24) is 5.32 Å². The van der Waals surface area contributed by atoms with Crippen LogP contribution in [0.5, 0.6) is 0 Å². The number of aliphatic hydroxyl groups excluding tert-OH is 1. The van der Waals surface area contributed by atoms with Gasteiger partial charge in [0.2, 0.25) is 5.91 Å². The minimum atomic E-state index is -0.392. The van der Waals surface area contributed by atoms with Crippen molar-refractivity contribution in [1.29, 1.82) is 0 Å². The van der Waals surface area contributed by atoms with E-state index in [1.54, 1.807) is 36.4 Å². The SMILES string of the molecule is O=C(CSc1ccc(CO)cc1)NC(=O)c1ccccc1. The summed E-state index contributed by atoms with van der Waals surface area (Å²) in [5.74, 6) is -0.561. The number of rotatable bonds is 5. The van der Waals surface area contributed by atoms with Gasteiger partial charge in [0.05, 0.1) is 12.4 Å². The number of thioether (sulfide) groups is 1. The highest BCUT2D eigenvalue weighted by Crippen LogP contribution is 2.18. The Morgan fingerprint density at radius 1 is 1.00 bits per heavy atom. The second-order valence-electron chi connectivity index (χ2n) is 4.33. The average molecular weight is 301 g/mol. The van der Waals surface area contributed by atoms with E-state index in [9.17, 15) is 9.59 Å². The molecule has 2 aromatic carbocycles. The zero-order chi connectivity index (χ0) is 15.1. The molecule has 2 aromatic rings.